The third-order valence-electron chi connectivity index (χ3n) is 5.21. The van der Waals surface area contributed by atoms with Crippen LogP contribution in [0.2, 0.25) is 0 Å². The normalized spacial score (nSPS) is 12.8. The molecular weight excluding hydrogens is 406 g/mol. The summed E-state index contributed by atoms with van der Waals surface area (Å²) in [6.07, 6.45) is 5.43. The Kier molecular flexibility index (Phi) is 15.2. The molecule has 0 radical (unpaired) electrons. The Morgan fingerprint density at radius 1 is 1.03 bits per heavy atom. The second-order valence-corrected chi connectivity index (χ2v) is 8.27. The number of amides is 2. The van der Waals surface area contributed by atoms with Gasteiger partial charge in [-0.2, -0.15) is 0 Å². The smallest absolute Gasteiger partial charge is 0.242 e. The molecule has 2 amide bonds. The number of carbonyl (C=O) groups excluding carboxylic acids is 2. The van der Waals surface area contributed by atoms with Crippen molar-refractivity contribution in [2.45, 2.75) is 70.9 Å². The van der Waals surface area contributed by atoms with Gasteiger partial charge in [-0.15, -0.1) is 0 Å². The molecular formula is C24H43N5O3. The van der Waals surface area contributed by atoms with E-state index in [0.29, 0.717) is 25.4 Å². The molecule has 1 rings (SSSR count). The maximum Gasteiger partial charge on any atom is 0.242 e. The highest BCUT2D eigenvalue weighted by Crippen LogP contribution is 2.11. The van der Waals surface area contributed by atoms with Crippen molar-refractivity contribution >= 4 is 11.8 Å². The van der Waals surface area contributed by atoms with Crippen LogP contribution in [0.1, 0.15) is 57.9 Å². The average molecular weight is 450 g/mol. The SMILES string of the molecule is CCCC(=O)NC(Cc1ccc(O)cc1)C(=O)NCCCCNC(C)CCNCCCN. The minimum atomic E-state index is -0.622. The van der Waals surface area contributed by atoms with Crippen LogP contribution in [-0.4, -0.2) is 61.7 Å². The lowest BCUT2D eigenvalue weighted by Gasteiger charge is -2.19. The molecule has 8 nitrogen and oxygen atoms in total. The molecule has 8 heteroatoms. The van der Waals surface area contributed by atoms with Gasteiger partial charge in [0.05, 0.1) is 0 Å². The maximum atomic E-state index is 12.7. The van der Waals surface area contributed by atoms with E-state index in [1.165, 1.54) is 0 Å². The number of phenols is 1. The van der Waals surface area contributed by atoms with Crippen molar-refractivity contribution in [1.29, 1.82) is 0 Å². The lowest BCUT2D eigenvalue weighted by atomic mass is 10.0. The van der Waals surface area contributed by atoms with Gasteiger partial charge in [-0.1, -0.05) is 19.1 Å². The summed E-state index contributed by atoms with van der Waals surface area (Å²) in [6, 6.07) is 6.52. The average Bonchev–Trinajstić information content (AvgIpc) is 2.77. The number of phenolic OH excluding ortho intramolecular Hbond substituents is 1. The Balaban J connectivity index is 2.30. The molecule has 0 heterocycles. The van der Waals surface area contributed by atoms with Crippen LogP contribution in [0, 0.1) is 0 Å². The summed E-state index contributed by atoms with van der Waals surface area (Å²) < 4.78 is 0. The van der Waals surface area contributed by atoms with E-state index in [-0.39, 0.29) is 17.6 Å². The van der Waals surface area contributed by atoms with Gasteiger partial charge in [-0.3, -0.25) is 9.59 Å². The summed E-state index contributed by atoms with van der Waals surface area (Å²) >= 11 is 0. The van der Waals surface area contributed by atoms with E-state index in [9.17, 15) is 14.7 Å². The Bertz CT molecular complexity index is 639. The molecule has 0 saturated heterocycles. The van der Waals surface area contributed by atoms with Crippen molar-refractivity contribution in [1.82, 2.24) is 21.3 Å². The van der Waals surface area contributed by atoms with Gasteiger partial charge in [0.1, 0.15) is 11.8 Å². The van der Waals surface area contributed by atoms with Crippen molar-refractivity contribution in [2.24, 2.45) is 5.73 Å². The van der Waals surface area contributed by atoms with Crippen LogP contribution in [0.3, 0.4) is 0 Å². The van der Waals surface area contributed by atoms with Gasteiger partial charge < -0.3 is 32.1 Å². The number of hydrogen-bond donors (Lipinski definition) is 6. The van der Waals surface area contributed by atoms with Gasteiger partial charge in [0.15, 0.2) is 0 Å². The van der Waals surface area contributed by atoms with E-state index < -0.39 is 6.04 Å². The van der Waals surface area contributed by atoms with Crippen LogP contribution in [0.25, 0.3) is 0 Å². The Morgan fingerprint density at radius 3 is 2.44 bits per heavy atom. The van der Waals surface area contributed by atoms with E-state index >= 15 is 0 Å². The number of hydrogen-bond acceptors (Lipinski definition) is 6. The number of aromatic hydroxyl groups is 1. The zero-order valence-electron chi connectivity index (χ0n) is 19.8. The molecule has 0 spiro atoms. The first-order valence-electron chi connectivity index (χ1n) is 11.9. The lowest BCUT2D eigenvalue weighted by Crippen LogP contribution is -2.48. The molecule has 32 heavy (non-hydrogen) atoms. The molecule has 0 aliphatic rings. The summed E-state index contributed by atoms with van der Waals surface area (Å²) in [5, 5.41) is 22.1. The molecule has 1 aromatic carbocycles. The van der Waals surface area contributed by atoms with E-state index in [4.69, 9.17) is 5.73 Å². The predicted molar refractivity (Wildman–Crippen MR) is 130 cm³/mol. The first kappa shape index (κ1) is 27.9. The first-order valence-corrected chi connectivity index (χ1v) is 11.9. The number of nitrogens with one attached hydrogen (secondary N) is 4. The molecule has 2 unspecified atom stereocenters. The van der Waals surface area contributed by atoms with E-state index in [1.54, 1.807) is 24.3 Å². The third kappa shape index (κ3) is 13.3. The minimum absolute atomic E-state index is 0.123. The van der Waals surface area contributed by atoms with Crippen LogP contribution in [0.15, 0.2) is 24.3 Å². The Labute approximate surface area is 193 Å². The van der Waals surface area contributed by atoms with Gasteiger partial charge in [-0.25, -0.2) is 0 Å². The fourth-order valence-corrected chi connectivity index (χ4v) is 3.28. The van der Waals surface area contributed by atoms with Crippen molar-refractivity contribution in [3.63, 3.8) is 0 Å². The number of benzene rings is 1. The number of rotatable bonds is 18. The van der Waals surface area contributed by atoms with Crippen LogP contribution >= 0.6 is 0 Å². The van der Waals surface area contributed by atoms with Gasteiger partial charge in [-0.05, 0) is 82.9 Å². The molecule has 0 bridgehead atoms. The van der Waals surface area contributed by atoms with E-state index in [1.807, 2.05) is 6.92 Å². The fourth-order valence-electron chi connectivity index (χ4n) is 3.28. The standard InChI is InChI=1S/C24H43N5O3/c1-3-7-23(31)29-22(18-20-8-10-21(30)11-9-20)24(32)28-16-5-4-15-27-19(2)12-17-26-14-6-13-25/h8-11,19,22,26-27,30H,3-7,12-18,25H2,1-2H3,(H,28,32)(H,29,31). The zero-order valence-corrected chi connectivity index (χ0v) is 19.8. The highest BCUT2D eigenvalue weighted by Gasteiger charge is 2.20. The number of unbranched alkanes of at least 4 members (excludes halogenated alkanes) is 1. The molecule has 0 fully saturated rings. The number of carbonyl (C=O) groups is 2. The van der Waals surface area contributed by atoms with Crippen molar-refractivity contribution in [3.8, 4) is 5.75 Å². The second kappa shape index (κ2) is 17.4. The summed E-state index contributed by atoms with van der Waals surface area (Å²) in [5.41, 5.74) is 6.36. The molecule has 0 aliphatic carbocycles. The summed E-state index contributed by atoms with van der Waals surface area (Å²) in [6.45, 7) is 8.27. The fraction of sp³-hybridized carbons (Fsp3) is 0.667. The van der Waals surface area contributed by atoms with Crippen LogP contribution < -0.4 is 27.0 Å². The predicted octanol–water partition coefficient (Wildman–Crippen LogP) is 1.42. The molecule has 7 N–H and O–H groups in total. The van der Waals surface area contributed by atoms with E-state index in [0.717, 1.165) is 63.8 Å². The van der Waals surface area contributed by atoms with E-state index in [2.05, 4.69) is 28.2 Å². The maximum absolute atomic E-state index is 12.7. The highest BCUT2D eigenvalue weighted by atomic mass is 16.3. The first-order chi connectivity index (χ1) is 15.5. The van der Waals surface area contributed by atoms with Gasteiger partial charge in [0, 0.05) is 25.4 Å². The highest BCUT2D eigenvalue weighted by molar-refractivity contribution is 5.87. The molecule has 0 aromatic heterocycles. The van der Waals surface area contributed by atoms with Crippen molar-refractivity contribution in [2.75, 3.05) is 32.7 Å². The summed E-state index contributed by atoms with van der Waals surface area (Å²) in [4.78, 5) is 24.7. The number of nitrogens with two attached hydrogens (primary N) is 1. The minimum Gasteiger partial charge on any atom is -0.508 e. The summed E-state index contributed by atoms with van der Waals surface area (Å²) in [5.74, 6) is -0.120. The van der Waals surface area contributed by atoms with Gasteiger partial charge >= 0.3 is 0 Å². The molecule has 0 saturated carbocycles. The van der Waals surface area contributed by atoms with Crippen LogP contribution in [-0.2, 0) is 16.0 Å². The largest absolute Gasteiger partial charge is 0.508 e. The Hall–Kier alpha value is -2.16. The van der Waals surface area contributed by atoms with Crippen LogP contribution in [0.5, 0.6) is 5.75 Å². The topological polar surface area (TPSA) is 129 Å². The molecule has 1 aromatic rings. The molecule has 182 valence electrons. The molecule has 2 atom stereocenters. The molecule has 0 aliphatic heterocycles. The zero-order chi connectivity index (χ0) is 23.6. The van der Waals surface area contributed by atoms with Crippen molar-refractivity contribution < 1.29 is 14.7 Å². The quantitative estimate of drug-likeness (QED) is 0.188. The van der Waals surface area contributed by atoms with Crippen molar-refractivity contribution in [3.05, 3.63) is 29.8 Å². The second-order valence-electron chi connectivity index (χ2n) is 8.27. The monoisotopic (exact) mass is 449 g/mol. The van der Waals surface area contributed by atoms with Crippen LogP contribution in [0.4, 0.5) is 0 Å². The van der Waals surface area contributed by atoms with Gasteiger partial charge in [0.2, 0.25) is 11.8 Å². The Morgan fingerprint density at radius 2 is 1.75 bits per heavy atom. The summed E-state index contributed by atoms with van der Waals surface area (Å²) in [7, 11) is 0. The third-order valence-corrected chi connectivity index (χ3v) is 5.21. The van der Waals surface area contributed by atoms with Gasteiger partial charge in [0.25, 0.3) is 0 Å². The lowest BCUT2D eigenvalue weighted by molar-refractivity contribution is -0.129.